The summed E-state index contributed by atoms with van der Waals surface area (Å²) in [6.07, 6.45) is 7.01. The third-order valence-corrected chi connectivity index (χ3v) is 5.90. The fourth-order valence-corrected chi connectivity index (χ4v) is 5.34. The van der Waals surface area contributed by atoms with Crippen molar-refractivity contribution < 1.29 is 0 Å². The Kier molecular flexibility index (Phi) is 2.61. The molecule has 2 aliphatic carbocycles. The fourth-order valence-electron chi connectivity index (χ4n) is 5.34. The molecule has 2 nitrogen and oxygen atoms in total. The maximum absolute atomic E-state index is 6.25. The van der Waals surface area contributed by atoms with Gasteiger partial charge in [-0.05, 0) is 49.4 Å². The zero-order valence-electron chi connectivity index (χ0n) is 11.7. The Morgan fingerprint density at radius 2 is 2.06 bits per heavy atom. The molecule has 98 valence electrons. The highest BCUT2D eigenvalue weighted by Crippen LogP contribution is 2.54. The highest BCUT2D eigenvalue weighted by molar-refractivity contribution is 5.10. The summed E-state index contributed by atoms with van der Waals surface area (Å²) in [4.78, 5) is 2.83. The second kappa shape index (κ2) is 3.71. The van der Waals surface area contributed by atoms with Crippen LogP contribution in [0, 0.1) is 17.3 Å². The molecule has 1 aliphatic heterocycles. The zero-order valence-corrected chi connectivity index (χ0v) is 11.7. The Balaban J connectivity index is 1.87. The highest BCUT2D eigenvalue weighted by atomic mass is 15.3. The van der Waals surface area contributed by atoms with Gasteiger partial charge in [0.25, 0.3) is 0 Å². The molecule has 2 bridgehead atoms. The molecule has 3 rings (SSSR count). The van der Waals surface area contributed by atoms with Gasteiger partial charge in [-0.1, -0.05) is 20.8 Å². The molecule has 0 radical (unpaired) electrons. The summed E-state index contributed by atoms with van der Waals surface area (Å²) >= 11 is 0. The van der Waals surface area contributed by atoms with Crippen molar-refractivity contribution in [2.24, 2.45) is 23.0 Å². The van der Waals surface area contributed by atoms with Crippen LogP contribution >= 0.6 is 0 Å². The third kappa shape index (κ3) is 1.67. The molecule has 3 fully saturated rings. The van der Waals surface area contributed by atoms with Gasteiger partial charge in [0.2, 0.25) is 0 Å². The first-order valence-corrected chi connectivity index (χ1v) is 7.44. The van der Waals surface area contributed by atoms with E-state index in [2.05, 4.69) is 25.7 Å². The topological polar surface area (TPSA) is 29.3 Å². The molecular weight excluding hydrogens is 208 g/mol. The van der Waals surface area contributed by atoms with Crippen LogP contribution < -0.4 is 5.73 Å². The van der Waals surface area contributed by atoms with Gasteiger partial charge in [-0.3, -0.25) is 4.90 Å². The summed E-state index contributed by atoms with van der Waals surface area (Å²) in [7, 11) is 0. The van der Waals surface area contributed by atoms with E-state index in [1.54, 1.807) is 0 Å². The number of nitrogens with zero attached hydrogens (tertiary/aromatic N) is 1. The normalized spacial score (nSPS) is 49.1. The molecular formula is C15H28N2. The van der Waals surface area contributed by atoms with Crippen molar-refractivity contribution in [3.8, 4) is 0 Å². The lowest BCUT2D eigenvalue weighted by atomic mass is 9.83. The van der Waals surface area contributed by atoms with E-state index in [4.69, 9.17) is 5.73 Å². The Hall–Kier alpha value is -0.0800. The molecule has 3 aliphatic rings. The predicted octanol–water partition coefficient (Wildman–Crippen LogP) is 2.62. The second-order valence-corrected chi connectivity index (χ2v) is 7.74. The molecule has 1 saturated heterocycles. The van der Waals surface area contributed by atoms with Gasteiger partial charge in [0.1, 0.15) is 0 Å². The van der Waals surface area contributed by atoms with Crippen molar-refractivity contribution in [3.05, 3.63) is 0 Å². The van der Waals surface area contributed by atoms with E-state index in [1.165, 1.54) is 38.6 Å². The van der Waals surface area contributed by atoms with Gasteiger partial charge in [-0.25, -0.2) is 0 Å². The minimum Gasteiger partial charge on any atom is -0.329 e. The summed E-state index contributed by atoms with van der Waals surface area (Å²) in [6.45, 7) is 9.49. The number of likely N-dealkylation sites (tertiary alicyclic amines) is 1. The summed E-state index contributed by atoms with van der Waals surface area (Å²) in [5.41, 5.74) is 7.06. The third-order valence-electron chi connectivity index (χ3n) is 5.90. The Labute approximate surface area is 106 Å². The quantitative estimate of drug-likeness (QED) is 0.798. The van der Waals surface area contributed by atoms with Crippen molar-refractivity contribution in [2.75, 3.05) is 13.1 Å². The summed E-state index contributed by atoms with van der Waals surface area (Å²) < 4.78 is 0. The number of nitrogens with two attached hydrogens (primary N) is 1. The monoisotopic (exact) mass is 236 g/mol. The minimum atomic E-state index is 0.323. The van der Waals surface area contributed by atoms with Crippen LogP contribution in [0.1, 0.15) is 52.9 Å². The van der Waals surface area contributed by atoms with E-state index >= 15 is 0 Å². The first-order chi connectivity index (χ1) is 7.97. The number of fused-ring (bicyclic) bond motifs is 2. The lowest BCUT2D eigenvalue weighted by molar-refractivity contribution is 0.0307. The van der Waals surface area contributed by atoms with Gasteiger partial charge in [-0.2, -0.15) is 0 Å². The van der Waals surface area contributed by atoms with Crippen molar-refractivity contribution >= 4 is 0 Å². The van der Waals surface area contributed by atoms with Gasteiger partial charge >= 0.3 is 0 Å². The first kappa shape index (κ1) is 12.0. The van der Waals surface area contributed by atoms with Crippen LogP contribution in [0.5, 0.6) is 0 Å². The van der Waals surface area contributed by atoms with E-state index in [9.17, 15) is 0 Å². The van der Waals surface area contributed by atoms with E-state index in [-0.39, 0.29) is 0 Å². The van der Waals surface area contributed by atoms with Crippen LogP contribution in [0.25, 0.3) is 0 Å². The summed E-state index contributed by atoms with van der Waals surface area (Å²) in [5, 5.41) is 0. The van der Waals surface area contributed by atoms with Gasteiger partial charge in [0.15, 0.2) is 0 Å². The van der Waals surface area contributed by atoms with Gasteiger partial charge < -0.3 is 5.73 Å². The van der Waals surface area contributed by atoms with Crippen LogP contribution in [0.15, 0.2) is 0 Å². The maximum atomic E-state index is 6.25. The van der Waals surface area contributed by atoms with Crippen molar-refractivity contribution in [1.29, 1.82) is 0 Å². The zero-order chi connectivity index (χ0) is 12.3. The van der Waals surface area contributed by atoms with Crippen LogP contribution in [-0.4, -0.2) is 29.6 Å². The minimum absolute atomic E-state index is 0.323. The molecule has 2 N–H and O–H groups in total. The Bertz CT molecular complexity index is 312. The first-order valence-electron chi connectivity index (χ1n) is 7.44. The van der Waals surface area contributed by atoms with E-state index < -0.39 is 0 Å². The highest BCUT2D eigenvalue weighted by Gasteiger charge is 2.55. The lowest BCUT2D eigenvalue weighted by Gasteiger charge is -2.47. The van der Waals surface area contributed by atoms with E-state index in [0.717, 1.165) is 24.4 Å². The number of rotatable bonds is 2. The molecule has 2 saturated carbocycles. The average molecular weight is 236 g/mol. The van der Waals surface area contributed by atoms with E-state index in [0.29, 0.717) is 11.0 Å². The van der Waals surface area contributed by atoms with Crippen LogP contribution in [0.3, 0.4) is 0 Å². The molecule has 4 unspecified atom stereocenters. The molecule has 4 atom stereocenters. The molecule has 0 aromatic rings. The molecule has 17 heavy (non-hydrogen) atoms. The Morgan fingerprint density at radius 3 is 2.47 bits per heavy atom. The average Bonchev–Trinajstić information content (AvgIpc) is 2.90. The van der Waals surface area contributed by atoms with Crippen molar-refractivity contribution in [3.63, 3.8) is 0 Å². The molecule has 2 heteroatoms. The second-order valence-electron chi connectivity index (χ2n) is 7.74. The molecule has 0 aromatic carbocycles. The maximum Gasteiger partial charge on any atom is 0.0365 e. The van der Waals surface area contributed by atoms with Crippen LogP contribution in [0.2, 0.25) is 0 Å². The summed E-state index contributed by atoms with van der Waals surface area (Å²) in [6, 6.07) is 0.861. The smallest absolute Gasteiger partial charge is 0.0365 e. The van der Waals surface area contributed by atoms with Crippen LogP contribution in [0.4, 0.5) is 0 Å². The van der Waals surface area contributed by atoms with Gasteiger partial charge in [0.05, 0.1) is 0 Å². The van der Waals surface area contributed by atoms with E-state index in [1.807, 2.05) is 0 Å². The number of hydrogen-bond donors (Lipinski definition) is 1. The molecule has 0 amide bonds. The molecule has 1 heterocycles. The standard InChI is InChI=1S/C15H28N2/c1-11-7-14(2,3)9-15(11,10-16)17-8-12-4-5-13(17)6-12/h11-13H,4-10,16H2,1-3H3. The molecule has 0 aromatic heterocycles. The predicted molar refractivity (Wildman–Crippen MR) is 71.8 cm³/mol. The number of hydrogen-bond acceptors (Lipinski definition) is 2. The van der Waals surface area contributed by atoms with Crippen molar-refractivity contribution in [2.45, 2.75) is 64.5 Å². The Morgan fingerprint density at radius 1 is 1.29 bits per heavy atom. The van der Waals surface area contributed by atoms with Gasteiger partial charge in [0, 0.05) is 24.7 Å². The van der Waals surface area contributed by atoms with Crippen LogP contribution in [-0.2, 0) is 0 Å². The number of piperidine rings is 1. The lowest BCUT2D eigenvalue weighted by Crippen LogP contribution is -2.58. The van der Waals surface area contributed by atoms with Gasteiger partial charge in [-0.15, -0.1) is 0 Å². The SMILES string of the molecule is CC1CC(C)(C)CC1(CN)N1CC2CCC1C2. The fraction of sp³-hybridized carbons (Fsp3) is 1.00. The molecule has 0 spiro atoms. The van der Waals surface area contributed by atoms with Crippen molar-refractivity contribution in [1.82, 2.24) is 4.90 Å². The largest absolute Gasteiger partial charge is 0.329 e. The summed E-state index contributed by atoms with van der Waals surface area (Å²) in [5.74, 6) is 1.75.